The van der Waals surface area contributed by atoms with E-state index in [1.54, 1.807) is 6.08 Å². The second-order valence-corrected chi connectivity index (χ2v) is 1.15. The van der Waals surface area contributed by atoms with E-state index in [0.717, 1.165) is 12.7 Å². The van der Waals surface area contributed by atoms with Crippen LogP contribution in [0.15, 0.2) is 12.3 Å². The highest BCUT2D eigenvalue weighted by molar-refractivity contribution is 5.57. The lowest BCUT2D eigenvalue weighted by Crippen LogP contribution is -1.88. The molecule has 0 bridgehead atoms. The summed E-state index contributed by atoms with van der Waals surface area (Å²) < 4.78 is 3.91. The fourth-order valence-corrected chi connectivity index (χ4v) is 0.200. The van der Waals surface area contributed by atoms with Gasteiger partial charge in [0, 0.05) is 0 Å². The maximum Gasteiger partial charge on any atom is 0.555 e. The van der Waals surface area contributed by atoms with Crippen LogP contribution in [-0.4, -0.2) is 6.16 Å². The molecule has 0 unspecified atom stereocenters. The average molecular weight is 115 g/mol. The molecule has 0 amide bonds. The monoisotopic (exact) mass is 115 g/mol. The first-order valence-corrected chi connectivity index (χ1v) is 2.30. The molecular formula is C5H7O3. The van der Waals surface area contributed by atoms with E-state index in [9.17, 15) is 9.90 Å². The number of rotatable bonds is 2. The summed E-state index contributed by atoms with van der Waals surface area (Å²) in [5.74, 6) is 0. The van der Waals surface area contributed by atoms with Crippen LogP contribution in [0.5, 0.6) is 0 Å². The third-order valence-corrected chi connectivity index (χ3v) is 0.496. The van der Waals surface area contributed by atoms with E-state index < -0.39 is 6.16 Å². The molecule has 1 radical (unpaired) electrons. The Bertz CT molecular complexity index is 95.8. The lowest BCUT2D eigenvalue weighted by Gasteiger charge is -1.82. The molecule has 0 rings (SSSR count). The van der Waals surface area contributed by atoms with Crippen molar-refractivity contribution in [1.82, 2.24) is 0 Å². The van der Waals surface area contributed by atoms with E-state index in [1.165, 1.54) is 0 Å². The SMILES string of the molecule is CC/C=C/OC([O])=O. The quantitative estimate of drug-likeness (QED) is 0.404. The molecule has 0 aliphatic rings. The van der Waals surface area contributed by atoms with Gasteiger partial charge in [0.05, 0.1) is 6.26 Å². The van der Waals surface area contributed by atoms with E-state index in [1.807, 2.05) is 6.92 Å². The molecule has 0 aliphatic carbocycles. The van der Waals surface area contributed by atoms with Crippen molar-refractivity contribution < 1.29 is 14.6 Å². The number of carbonyl (C=O) groups is 1. The van der Waals surface area contributed by atoms with E-state index in [2.05, 4.69) is 4.74 Å². The van der Waals surface area contributed by atoms with Crippen LogP contribution in [0.4, 0.5) is 4.79 Å². The zero-order valence-corrected chi connectivity index (χ0v) is 4.59. The maximum absolute atomic E-state index is 9.49. The van der Waals surface area contributed by atoms with Crippen molar-refractivity contribution >= 4 is 6.16 Å². The van der Waals surface area contributed by atoms with E-state index >= 15 is 0 Å². The lowest BCUT2D eigenvalue weighted by molar-refractivity contribution is 0.101. The molecule has 0 aromatic heterocycles. The van der Waals surface area contributed by atoms with Gasteiger partial charge in [-0.05, 0) is 12.5 Å². The summed E-state index contributed by atoms with van der Waals surface area (Å²) in [6.45, 7) is 1.87. The summed E-state index contributed by atoms with van der Waals surface area (Å²) in [4.78, 5) is 9.49. The summed E-state index contributed by atoms with van der Waals surface area (Å²) in [5, 5.41) is 9.49. The molecule has 8 heavy (non-hydrogen) atoms. The third-order valence-electron chi connectivity index (χ3n) is 0.496. The Labute approximate surface area is 47.6 Å². The van der Waals surface area contributed by atoms with Crippen LogP contribution in [0.25, 0.3) is 0 Å². The van der Waals surface area contributed by atoms with E-state index in [4.69, 9.17) is 0 Å². The van der Waals surface area contributed by atoms with Gasteiger partial charge < -0.3 is 4.74 Å². The predicted molar refractivity (Wildman–Crippen MR) is 26.6 cm³/mol. The van der Waals surface area contributed by atoms with Crippen molar-refractivity contribution in [2.24, 2.45) is 0 Å². The smallest absolute Gasteiger partial charge is 0.401 e. The number of carbonyl (C=O) groups excluding carboxylic acids is 1. The molecule has 0 N–H and O–H groups in total. The molecule has 0 heterocycles. The second-order valence-electron chi connectivity index (χ2n) is 1.15. The van der Waals surface area contributed by atoms with Crippen LogP contribution in [-0.2, 0) is 9.84 Å². The Kier molecular flexibility index (Phi) is 3.66. The van der Waals surface area contributed by atoms with Gasteiger partial charge >= 0.3 is 6.16 Å². The van der Waals surface area contributed by atoms with Crippen molar-refractivity contribution in [1.29, 1.82) is 0 Å². The summed E-state index contributed by atoms with van der Waals surface area (Å²) >= 11 is 0. The molecule has 0 saturated carbocycles. The molecule has 45 valence electrons. The fraction of sp³-hybridized carbons (Fsp3) is 0.400. The highest BCUT2D eigenvalue weighted by Gasteiger charge is 1.90. The van der Waals surface area contributed by atoms with Crippen LogP contribution in [0.2, 0.25) is 0 Å². The molecule has 0 aromatic rings. The van der Waals surface area contributed by atoms with Gasteiger partial charge in [0.2, 0.25) is 0 Å². The summed E-state index contributed by atoms with van der Waals surface area (Å²) in [5.41, 5.74) is 0. The van der Waals surface area contributed by atoms with E-state index in [-0.39, 0.29) is 0 Å². The van der Waals surface area contributed by atoms with Crippen LogP contribution in [0.3, 0.4) is 0 Å². The average Bonchev–Trinajstić information content (AvgIpc) is 1.66. The number of hydrogen-bond acceptors (Lipinski definition) is 2. The Morgan fingerprint density at radius 3 is 2.75 bits per heavy atom. The lowest BCUT2D eigenvalue weighted by atomic mass is 10.5. The molecule has 0 spiro atoms. The summed E-state index contributed by atoms with van der Waals surface area (Å²) in [7, 11) is 0. The van der Waals surface area contributed by atoms with Crippen LogP contribution in [0, 0.1) is 0 Å². The summed E-state index contributed by atoms with van der Waals surface area (Å²) in [6, 6.07) is 0. The van der Waals surface area contributed by atoms with Crippen molar-refractivity contribution in [2.45, 2.75) is 13.3 Å². The van der Waals surface area contributed by atoms with Crippen molar-refractivity contribution in [3.05, 3.63) is 12.3 Å². The number of allylic oxidation sites excluding steroid dienone is 1. The molecule has 0 atom stereocenters. The molecule has 3 nitrogen and oxygen atoms in total. The first kappa shape index (κ1) is 7.01. The van der Waals surface area contributed by atoms with Crippen LogP contribution in [0.1, 0.15) is 13.3 Å². The van der Waals surface area contributed by atoms with Gasteiger partial charge in [-0.2, -0.15) is 9.90 Å². The largest absolute Gasteiger partial charge is 0.555 e. The van der Waals surface area contributed by atoms with Gasteiger partial charge in [-0.25, -0.2) is 0 Å². The first-order chi connectivity index (χ1) is 3.77. The Hall–Kier alpha value is -0.990. The molecule has 0 saturated heterocycles. The van der Waals surface area contributed by atoms with E-state index in [0.29, 0.717) is 0 Å². The fourth-order valence-electron chi connectivity index (χ4n) is 0.200. The molecule has 0 fully saturated rings. The van der Waals surface area contributed by atoms with Gasteiger partial charge in [-0.3, -0.25) is 0 Å². The predicted octanol–water partition coefficient (Wildman–Crippen LogP) is 1.48. The zero-order valence-electron chi connectivity index (χ0n) is 4.59. The number of ether oxygens (including phenoxy) is 1. The highest BCUT2D eigenvalue weighted by atomic mass is 16.7. The molecular weight excluding hydrogens is 108 g/mol. The minimum absolute atomic E-state index is 0.757. The van der Waals surface area contributed by atoms with Gasteiger partial charge in [-0.1, -0.05) is 6.92 Å². The Balaban J connectivity index is 3.16. The topological polar surface area (TPSA) is 46.2 Å². The minimum Gasteiger partial charge on any atom is -0.401 e. The van der Waals surface area contributed by atoms with Crippen molar-refractivity contribution in [3.8, 4) is 0 Å². The van der Waals surface area contributed by atoms with Crippen molar-refractivity contribution in [2.75, 3.05) is 0 Å². The zero-order chi connectivity index (χ0) is 6.41. The van der Waals surface area contributed by atoms with Gasteiger partial charge in [0.1, 0.15) is 0 Å². The molecule has 0 aliphatic heterocycles. The normalized spacial score (nSPS) is 9.62. The standard InChI is InChI=1S/C5H7O3/c1-2-3-4-8-5(6)7/h3-4H,2H2,1H3/b4-3+. The van der Waals surface area contributed by atoms with Crippen LogP contribution < -0.4 is 0 Å². The Morgan fingerprint density at radius 2 is 2.38 bits per heavy atom. The second kappa shape index (κ2) is 4.18. The molecule has 0 aromatic carbocycles. The highest BCUT2D eigenvalue weighted by Crippen LogP contribution is 1.82. The van der Waals surface area contributed by atoms with Crippen LogP contribution >= 0.6 is 0 Å². The Morgan fingerprint density at radius 1 is 1.75 bits per heavy atom. The van der Waals surface area contributed by atoms with Crippen molar-refractivity contribution in [3.63, 3.8) is 0 Å². The summed E-state index contributed by atoms with van der Waals surface area (Å²) in [6.07, 6.45) is 1.91. The van der Waals surface area contributed by atoms with Gasteiger partial charge in [-0.15, -0.1) is 0 Å². The first-order valence-electron chi connectivity index (χ1n) is 2.30. The maximum atomic E-state index is 9.49. The number of hydrogen-bond donors (Lipinski definition) is 0. The third kappa shape index (κ3) is 5.01. The van der Waals surface area contributed by atoms with Gasteiger partial charge in [0.15, 0.2) is 0 Å². The van der Waals surface area contributed by atoms with Gasteiger partial charge in [0.25, 0.3) is 0 Å². The molecule has 3 heteroatoms. The minimum atomic E-state index is -1.52.